The van der Waals surface area contributed by atoms with Crippen LogP contribution in [0.4, 0.5) is 0 Å². The number of carbonyl (C=O) groups excluding carboxylic acids is 1. The monoisotopic (exact) mass is 571 g/mol. The number of thiazole rings is 1. The highest BCUT2D eigenvalue weighted by Crippen LogP contribution is 2.20. The maximum atomic E-state index is 13.3. The molecular formula is C23H34IN5O2S. The number of hydrogen-bond acceptors (Lipinski definition) is 5. The highest BCUT2D eigenvalue weighted by atomic mass is 127. The summed E-state index contributed by atoms with van der Waals surface area (Å²) < 4.78 is 5.41. The summed E-state index contributed by atoms with van der Waals surface area (Å²) in [6, 6.07) is 9.93. The first-order chi connectivity index (χ1) is 15.1. The minimum absolute atomic E-state index is 0. The third-order valence-corrected chi connectivity index (χ3v) is 6.44. The molecule has 1 amide bonds. The first-order valence-electron chi connectivity index (χ1n) is 10.9. The SMILES string of the molecule is CCNC(=NCC(C(=O)N1CCOCC1)c1ccccc1)NCCc1nc(C)c(C)s1.I. The smallest absolute Gasteiger partial charge is 0.232 e. The topological polar surface area (TPSA) is 78.9 Å². The van der Waals surface area contributed by atoms with Crippen LogP contribution in [0, 0.1) is 13.8 Å². The fourth-order valence-corrected chi connectivity index (χ4v) is 4.41. The Morgan fingerprint density at radius 1 is 1.22 bits per heavy atom. The number of ether oxygens (including phenoxy) is 1. The maximum Gasteiger partial charge on any atom is 0.232 e. The number of aryl methyl sites for hydroxylation is 2. The summed E-state index contributed by atoms with van der Waals surface area (Å²) in [5.41, 5.74) is 2.10. The molecule has 1 aromatic heterocycles. The zero-order chi connectivity index (χ0) is 22.1. The second kappa shape index (κ2) is 13.7. The van der Waals surface area contributed by atoms with Crippen molar-refractivity contribution in [2.24, 2.45) is 4.99 Å². The number of hydrogen-bond donors (Lipinski definition) is 2. The van der Waals surface area contributed by atoms with Gasteiger partial charge in [0.15, 0.2) is 5.96 Å². The van der Waals surface area contributed by atoms with Crippen molar-refractivity contribution in [2.45, 2.75) is 33.1 Å². The number of rotatable bonds is 8. The highest BCUT2D eigenvalue weighted by Gasteiger charge is 2.27. The van der Waals surface area contributed by atoms with Gasteiger partial charge in [-0.3, -0.25) is 9.79 Å². The summed E-state index contributed by atoms with van der Waals surface area (Å²) in [7, 11) is 0. The largest absolute Gasteiger partial charge is 0.378 e. The van der Waals surface area contributed by atoms with Gasteiger partial charge in [0.1, 0.15) is 0 Å². The first-order valence-corrected chi connectivity index (χ1v) is 11.8. The first kappa shape index (κ1) is 26.5. The standard InChI is InChI=1S/C23H33N5O2S.HI/c1-4-24-23(25-11-10-21-27-17(2)18(3)31-21)26-16-20(19-8-6-5-7-9-19)22(29)28-12-14-30-15-13-28;/h5-9,20H,4,10-16H2,1-3H3,(H2,24,25,26);1H. The molecule has 7 nitrogen and oxygen atoms in total. The lowest BCUT2D eigenvalue weighted by Crippen LogP contribution is -2.44. The lowest BCUT2D eigenvalue weighted by Gasteiger charge is -2.30. The van der Waals surface area contributed by atoms with Gasteiger partial charge in [0.25, 0.3) is 0 Å². The molecule has 0 spiro atoms. The number of nitrogens with one attached hydrogen (secondary N) is 2. The molecule has 1 atom stereocenters. The van der Waals surface area contributed by atoms with Gasteiger partial charge in [-0.1, -0.05) is 30.3 Å². The molecule has 1 fully saturated rings. The summed E-state index contributed by atoms with van der Waals surface area (Å²) in [4.78, 5) is 25.8. The van der Waals surface area contributed by atoms with Gasteiger partial charge < -0.3 is 20.3 Å². The number of benzene rings is 1. The van der Waals surface area contributed by atoms with Gasteiger partial charge in [-0.2, -0.15) is 0 Å². The summed E-state index contributed by atoms with van der Waals surface area (Å²) in [6.07, 6.45) is 0.846. The average Bonchev–Trinajstić information content (AvgIpc) is 3.12. The van der Waals surface area contributed by atoms with E-state index in [0.717, 1.165) is 41.7 Å². The number of aliphatic imine (C=N–C) groups is 1. The van der Waals surface area contributed by atoms with E-state index in [4.69, 9.17) is 9.73 Å². The molecule has 1 saturated heterocycles. The van der Waals surface area contributed by atoms with E-state index in [1.807, 2.05) is 49.1 Å². The quantitative estimate of drug-likeness (QED) is 0.289. The van der Waals surface area contributed by atoms with Crippen LogP contribution in [0.2, 0.25) is 0 Å². The summed E-state index contributed by atoms with van der Waals surface area (Å²) in [6.45, 7) is 10.5. The van der Waals surface area contributed by atoms with Crippen molar-refractivity contribution < 1.29 is 9.53 Å². The number of amides is 1. The van der Waals surface area contributed by atoms with Gasteiger partial charge in [-0.15, -0.1) is 35.3 Å². The van der Waals surface area contributed by atoms with Crippen LogP contribution in [-0.2, 0) is 16.0 Å². The Bertz CT molecular complexity index is 849. The lowest BCUT2D eigenvalue weighted by atomic mass is 9.97. The average molecular weight is 572 g/mol. The van der Waals surface area contributed by atoms with Crippen molar-refractivity contribution >= 4 is 47.2 Å². The van der Waals surface area contributed by atoms with E-state index in [-0.39, 0.29) is 35.8 Å². The Kier molecular flexibility index (Phi) is 11.4. The molecule has 2 heterocycles. The third kappa shape index (κ3) is 7.70. The number of guanidine groups is 1. The molecule has 3 rings (SSSR count). The van der Waals surface area contributed by atoms with E-state index >= 15 is 0 Å². The zero-order valence-electron chi connectivity index (χ0n) is 19.1. The maximum absolute atomic E-state index is 13.3. The number of nitrogens with zero attached hydrogens (tertiary/aromatic N) is 3. The van der Waals surface area contributed by atoms with Gasteiger partial charge in [0, 0.05) is 37.5 Å². The second-order valence-corrected chi connectivity index (χ2v) is 8.83. The van der Waals surface area contributed by atoms with Crippen molar-refractivity contribution in [1.29, 1.82) is 0 Å². The predicted molar refractivity (Wildman–Crippen MR) is 141 cm³/mol. The van der Waals surface area contributed by atoms with Crippen LogP contribution in [0.5, 0.6) is 0 Å². The molecule has 1 aromatic carbocycles. The minimum atomic E-state index is -0.306. The Labute approximate surface area is 212 Å². The van der Waals surface area contributed by atoms with Crippen molar-refractivity contribution in [1.82, 2.24) is 20.5 Å². The van der Waals surface area contributed by atoms with Crippen LogP contribution in [0.25, 0.3) is 0 Å². The van der Waals surface area contributed by atoms with Gasteiger partial charge in [-0.25, -0.2) is 4.98 Å². The molecule has 2 N–H and O–H groups in total. The van der Waals surface area contributed by atoms with Crippen LogP contribution in [0.15, 0.2) is 35.3 Å². The van der Waals surface area contributed by atoms with E-state index in [9.17, 15) is 4.79 Å². The fraction of sp³-hybridized carbons (Fsp3) is 0.522. The summed E-state index contributed by atoms with van der Waals surface area (Å²) >= 11 is 1.74. The molecule has 1 aliphatic rings. The van der Waals surface area contributed by atoms with Gasteiger partial charge in [0.05, 0.1) is 36.4 Å². The Morgan fingerprint density at radius 3 is 2.56 bits per heavy atom. The predicted octanol–water partition coefficient (Wildman–Crippen LogP) is 3.12. The summed E-state index contributed by atoms with van der Waals surface area (Å²) in [5.74, 6) is 0.532. The fourth-order valence-electron chi connectivity index (χ4n) is 3.47. The van der Waals surface area contributed by atoms with Crippen LogP contribution in [0.3, 0.4) is 0 Å². The van der Waals surface area contributed by atoms with Gasteiger partial charge in [-0.05, 0) is 26.3 Å². The third-order valence-electron chi connectivity index (χ3n) is 5.30. The van der Waals surface area contributed by atoms with E-state index < -0.39 is 0 Å². The Balaban J connectivity index is 0.00000363. The Hall–Kier alpha value is -1.72. The van der Waals surface area contributed by atoms with Gasteiger partial charge >= 0.3 is 0 Å². The lowest BCUT2D eigenvalue weighted by molar-refractivity contribution is -0.136. The number of halogens is 1. The zero-order valence-corrected chi connectivity index (χ0v) is 22.2. The number of carbonyl (C=O) groups is 1. The Morgan fingerprint density at radius 2 is 1.94 bits per heavy atom. The van der Waals surface area contributed by atoms with Crippen molar-refractivity contribution in [2.75, 3.05) is 45.9 Å². The molecular weight excluding hydrogens is 537 g/mol. The van der Waals surface area contributed by atoms with E-state index in [0.29, 0.717) is 32.8 Å². The molecule has 0 radical (unpaired) electrons. The van der Waals surface area contributed by atoms with E-state index in [1.165, 1.54) is 4.88 Å². The molecule has 1 unspecified atom stereocenters. The molecule has 2 aromatic rings. The van der Waals surface area contributed by atoms with Crippen LogP contribution in [-0.4, -0.2) is 67.7 Å². The van der Waals surface area contributed by atoms with Crippen LogP contribution < -0.4 is 10.6 Å². The normalized spacial score (nSPS) is 15.1. The second-order valence-electron chi connectivity index (χ2n) is 7.55. The number of aromatic nitrogens is 1. The molecule has 0 saturated carbocycles. The van der Waals surface area contributed by atoms with Crippen molar-refractivity contribution in [3.63, 3.8) is 0 Å². The van der Waals surface area contributed by atoms with Crippen molar-refractivity contribution in [3.05, 3.63) is 51.5 Å². The van der Waals surface area contributed by atoms with Crippen molar-refractivity contribution in [3.8, 4) is 0 Å². The summed E-state index contributed by atoms with van der Waals surface area (Å²) in [5, 5.41) is 7.80. The van der Waals surface area contributed by atoms with Crippen LogP contribution >= 0.6 is 35.3 Å². The minimum Gasteiger partial charge on any atom is -0.378 e. The molecule has 0 aliphatic carbocycles. The van der Waals surface area contributed by atoms with Gasteiger partial charge in [0.2, 0.25) is 5.91 Å². The van der Waals surface area contributed by atoms with E-state index in [1.54, 1.807) is 11.3 Å². The molecule has 0 bridgehead atoms. The molecule has 176 valence electrons. The molecule has 32 heavy (non-hydrogen) atoms. The number of morpholine rings is 1. The molecule has 1 aliphatic heterocycles. The highest BCUT2D eigenvalue weighted by molar-refractivity contribution is 14.0. The van der Waals surface area contributed by atoms with E-state index in [2.05, 4.69) is 22.5 Å². The molecule has 9 heteroatoms. The van der Waals surface area contributed by atoms with Crippen LogP contribution in [0.1, 0.15) is 34.0 Å².